The van der Waals surface area contributed by atoms with E-state index in [2.05, 4.69) is 40.7 Å². The number of hydrogen-bond acceptors (Lipinski definition) is 3. The van der Waals surface area contributed by atoms with Crippen LogP contribution in [0.3, 0.4) is 0 Å². The predicted molar refractivity (Wildman–Crippen MR) is 80.3 cm³/mol. The van der Waals surface area contributed by atoms with E-state index in [1.165, 1.54) is 17.0 Å². The van der Waals surface area contributed by atoms with Crippen molar-refractivity contribution in [1.29, 1.82) is 0 Å². The fraction of sp³-hybridized carbons (Fsp3) is 0.400. The first-order valence-corrected chi connectivity index (χ1v) is 7.71. The Bertz CT molecular complexity index is 550. The minimum Gasteiger partial charge on any atom is -0.330 e. The molecule has 0 amide bonds. The molecule has 1 aliphatic heterocycles. The minimum absolute atomic E-state index is 0.327. The van der Waals surface area contributed by atoms with Crippen LogP contribution in [0, 0.1) is 6.92 Å². The molecule has 2 unspecified atom stereocenters. The summed E-state index contributed by atoms with van der Waals surface area (Å²) in [7, 11) is 0. The van der Waals surface area contributed by atoms with Gasteiger partial charge in [0.25, 0.3) is 0 Å². The first-order valence-electron chi connectivity index (χ1n) is 6.67. The molecule has 0 saturated carbocycles. The standard InChI is InChI=1S/C15H19N3S/c1-11-15(14-7-13(16)9-19-14)17-10-18(11)8-12-5-3-2-4-6-12/h2-6,10,13-14H,7-9,16H2,1H3. The summed E-state index contributed by atoms with van der Waals surface area (Å²) < 4.78 is 2.23. The molecule has 3 nitrogen and oxygen atoms in total. The maximum atomic E-state index is 5.99. The van der Waals surface area contributed by atoms with Crippen molar-refractivity contribution >= 4 is 11.8 Å². The fourth-order valence-electron chi connectivity index (χ4n) is 2.56. The molecule has 19 heavy (non-hydrogen) atoms. The molecule has 2 atom stereocenters. The van der Waals surface area contributed by atoms with Crippen molar-refractivity contribution in [3.05, 3.63) is 53.6 Å². The third-order valence-electron chi connectivity index (χ3n) is 3.67. The van der Waals surface area contributed by atoms with E-state index in [0.717, 1.165) is 18.7 Å². The van der Waals surface area contributed by atoms with Crippen molar-refractivity contribution in [3.8, 4) is 0 Å². The van der Waals surface area contributed by atoms with E-state index in [1.807, 2.05) is 24.2 Å². The molecule has 2 N–H and O–H groups in total. The molecular formula is C15H19N3S. The lowest BCUT2D eigenvalue weighted by Crippen LogP contribution is -2.18. The van der Waals surface area contributed by atoms with Gasteiger partial charge in [-0.1, -0.05) is 30.3 Å². The van der Waals surface area contributed by atoms with E-state index in [4.69, 9.17) is 5.73 Å². The summed E-state index contributed by atoms with van der Waals surface area (Å²) >= 11 is 1.94. The number of imidazole rings is 1. The van der Waals surface area contributed by atoms with Crippen LogP contribution in [0.15, 0.2) is 36.7 Å². The second kappa shape index (κ2) is 5.39. The molecule has 2 aromatic rings. The average molecular weight is 273 g/mol. The van der Waals surface area contributed by atoms with Crippen LogP contribution in [0.5, 0.6) is 0 Å². The minimum atomic E-state index is 0.327. The monoisotopic (exact) mass is 273 g/mol. The summed E-state index contributed by atoms with van der Waals surface area (Å²) in [6.45, 7) is 3.05. The lowest BCUT2D eigenvalue weighted by Gasteiger charge is -2.09. The summed E-state index contributed by atoms with van der Waals surface area (Å²) in [5.74, 6) is 1.05. The highest BCUT2D eigenvalue weighted by atomic mass is 32.2. The van der Waals surface area contributed by atoms with E-state index in [0.29, 0.717) is 11.3 Å². The Hall–Kier alpha value is -1.26. The van der Waals surface area contributed by atoms with Gasteiger partial charge in [0.1, 0.15) is 0 Å². The summed E-state index contributed by atoms with van der Waals surface area (Å²) in [5.41, 5.74) is 9.79. The fourth-order valence-corrected chi connectivity index (χ4v) is 3.94. The highest BCUT2D eigenvalue weighted by Crippen LogP contribution is 2.39. The second-order valence-electron chi connectivity index (χ2n) is 5.15. The van der Waals surface area contributed by atoms with Gasteiger partial charge in [0.15, 0.2) is 0 Å². The quantitative estimate of drug-likeness (QED) is 0.935. The summed E-state index contributed by atoms with van der Waals surface area (Å²) in [6.07, 6.45) is 3.01. The van der Waals surface area contributed by atoms with Crippen LogP contribution in [0.1, 0.15) is 28.6 Å². The lowest BCUT2D eigenvalue weighted by molar-refractivity contribution is 0.687. The van der Waals surface area contributed by atoms with E-state index in [1.54, 1.807) is 0 Å². The maximum Gasteiger partial charge on any atom is 0.0955 e. The van der Waals surface area contributed by atoms with E-state index in [9.17, 15) is 0 Å². The van der Waals surface area contributed by atoms with Crippen molar-refractivity contribution in [2.45, 2.75) is 31.2 Å². The second-order valence-corrected chi connectivity index (χ2v) is 6.38. The predicted octanol–water partition coefficient (Wildman–Crippen LogP) is 2.75. The van der Waals surface area contributed by atoms with Crippen LogP contribution in [-0.4, -0.2) is 21.3 Å². The van der Waals surface area contributed by atoms with Crippen molar-refractivity contribution in [2.24, 2.45) is 5.73 Å². The molecule has 0 aliphatic carbocycles. The molecular weight excluding hydrogens is 254 g/mol. The van der Waals surface area contributed by atoms with Crippen LogP contribution in [-0.2, 0) is 6.54 Å². The zero-order chi connectivity index (χ0) is 13.2. The molecule has 4 heteroatoms. The first kappa shape index (κ1) is 12.8. The van der Waals surface area contributed by atoms with Crippen LogP contribution in [0.4, 0.5) is 0 Å². The maximum absolute atomic E-state index is 5.99. The highest BCUT2D eigenvalue weighted by Gasteiger charge is 2.27. The van der Waals surface area contributed by atoms with E-state index < -0.39 is 0 Å². The molecule has 100 valence electrons. The molecule has 1 saturated heterocycles. The van der Waals surface area contributed by atoms with Gasteiger partial charge in [0.2, 0.25) is 0 Å². The zero-order valence-electron chi connectivity index (χ0n) is 11.1. The van der Waals surface area contributed by atoms with Gasteiger partial charge in [-0.05, 0) is 18.9 Å². The van der Waals surface area contributed by atoms with Gasteiger partial charge < -0.3 is 10.3 Å². The van der Waals surface area contributed by atoms with Crippen molar-refractivity contribution in [3.63, 3.8) is 0 Å². The van der Waals surface area contributed by atoms with Crippen LogP contribution in [0.25, 0.3) is 0 Å². The third-order valence-corrected chi connectivity index (χ3v) is 5.11. The average Bonchev–Trinajstić information content (AvgIpc) is 2.99. The Morgan fingerprint density at radius 2 is 2.16 bits per heavy atom. The zero-order valence-corrected chi connectivity index (χ0v) is 11.9. The van der Waals surface area contributed by atoms with Gasteiger partial charge in [0, 0.05) is 24.0 Å². The largest absolute Gasteiger partial charge is 0.330 e. The molecule has 0 bridgehead atoms. The highest BCUT2D eigenvalue weighted by molar-refractivity contribution is 7.99. The molecule has 1 aromatic carbocycles. The number of benzene rings is 1. The smallest absolute Gasteiger partial charge is 0.0955 e. The number of nitrogens with two attached hydrogens (primary N) is 1. The van der Waals surface area contributed by atoms with Crippen LogP contribution in [0.2, 0.25) is 0 Å². The van der Waals surface area contributed by atoms with Gasteiger partial charge >= 0.3 is 0 Å². The number of hydrogen-bond donors (Lipinski definition) is 1. The lowest BCUT2D eigenvalue weighted by atomic mass is 10.1. The Balaban J connectivity index is 1.79. The Morgan fingerprint density at radius 3 is 2.84 bits per heavy atom. The van der Waals surface area contributed by atoms with Gasteiger partial charge in [-0.2, -0.15) is 11.8 Å². The molecule has 3 rings (SSSR count). The van der Waals surface area contributed by atoms with Crippen LogP contribution >= 0.6 is 11.8 Å². The van der Waals surface area contributed by atoms with Gasteiger partial charge in [0.05, 0.1) is 17.3 Å². The topological polar surface area (TPSA) is 43.8 Å². The Kier molecular flexibility index (Phi) is 3.62. The van der Waals surface area contributed by atoms with Crippen molar-refractivity contribution < 1.29 is 0 Å². The van der Waals surface area contributed by atoms with Gasteiger partial charge in [-0.3, -0.25) is 0 Å². The van der Waals surface area contributed by atoms with Crippen LogP contribution < -0.4 is 5.73 Å². The third kappa shape index (κ3) is 2.69. The Labute approximate surface area is 118 Å². The molecule has 1 aromatic heterocycles. The number of nitrogens with zero attached hydrogens (tertiary/aromatic N) is 2. The summed E-state index contributed by atoms with van der Waals surface area (Å²) in [5, 5.41) is 0.479. The van der Waals surface area contributed by atoms with Crippen molar-refractivity contribution in [2.75, 3.05) is 5.75 Å². The molecule has 1 aliphatic rings. The number of aromatic nitrogens is 2. The SMILES string of the molecule is Cc1c(C2CC(N)CS2)ncn1Cc1ccccc1. The van der Waals surface area contributed by atoms with Crippen molar-refractivity contribution in [1.82, 2.24) is 9.55 Å². The first-order chi connectivity index (χ1) is 9.24. The van der Waals surface area contributed by atoms with Gasteiger partial charge in [-0.15, -0.1) is 0 Å². The Morgan fingerprint density at radius 1 is 1.37 bits per heavy atom. The normalized spacial score (nSPS) is 22.8. The molecule has 0 spiro atoms. The number of rotatable bonds is 3. The van der Waals surface area contributed by atoms with E-state index in [-0.39, 0.29) is 0 Å². The summed E-state index contributed by atoms with van der Waals surface area (Å²) in [6, 6.07) is 10.8. The van der Waals surface area contributed by atoms with E-state index >= 15 is 0 Å². The summed E-state index contributed by atoms with van der Waals surface area (Å²) in [4.78, 5) is 4.61. The molecule has 1 fully saturated rings. The number of thioether (sulfide) groups is 1. The molecule has 0 radical (unpaired) electrons. The molecule has 2 heterocycles. The van der Waals surface area contributed by atoms with Gasteiger partial charge in [-0.25, -0.2) is 4.98 Å².